The van der Waals surface area contributed by atoms with Gasteiger partial charge in [-0.05, 0) is 34.7 Å². The van der Waals surface area contributed by atoms with Crippen molar-refractivity contribution < 1.29 is 27.5 Å². The third kappa shape index (κ3) is 4.32. The molecule has 0 spiro atoms. The van der Waals surface area contributed by atoms with E-state index in [-0.39, 0.29) is 30.1 Å². The molecule has 0 radical (unpaired) electrons. The molecule has 156 valence electrons. The molecule has 0 saturated carbocycles. The topological polar surface area (TPSA) is 46.6 Å². The van der Waals surface area contributed by atoms with E-state index in [2.05, 4.69) is 0 Å². The van der Waals surface area contributed by atoms with E-state index < -0.39 is 11.7 Å². The minimum absolute atomic E-state index is 0.170. The third-order valence-electron chi connectivity index (χ3n) is 4.73. The Morgan fingerprint density at radius 1 is 1.10 bits per heavy atom. The van der Waals surface area contributed by atoms with E-state index in [1.165, 1.54) is 22.3 Å². The summed E-state index contributed by atoms with van der Waals surface area (Å²) in [5, 5.41) is 2.51. The SMILES string of the molecule is O=C1CSC(=O)N1Cc1ccc(OCCc2cccc(C(F)(F)F)c2)c2ccsc12. The smallest absolute Gasteiger partial charge is 0.416 e. The zero-order chi connectivity index (χ0) is 21.3. The Bertz CT molecular complexity index is 1090. The lowest BCUT2D eigenvalue weighted by Crippen LogP contribution is -2.27. The van der Waals surface area contributed by atoms with Gasteiger partial charge in [0.15, 0.2) is 0 Å². The first-order valence-electron chi connectivity index (χ1n) is 9.08. The molecule has 30 heavy (non-hydrogen) atoms. The van der Waals surface area contributed by atoms with Gasteiger partial charge in [0, 0.05) is 16.5 Å². The van der Waals surface area contributed by atoms with E-state index in [1.54, 1.807) is 12.1 Å². The Morgan fingerprint density at radius 3 is 2.67 bits per heavy atom. The summed E-state index contributed by atoms with van der Waals surface area (Å²) >= 11 is 2.49. The number of thiophene rings is 1. The normalized spacial score (nSPS) is 14.7. The highest BCUT2D eigenvalue weighted by molar-refractivity contribution is 8.14. The molecular weight excluding hydrogens is 435 g/mol. The molecule has 1 saturated heterocycles. The molecule has 1 aliphatic heterocycles. The Balaban J connectivity index is 1.46. The molecule has 1 aromatic heterocycles. The Kier molecular flexibility index (Phi) is 5.75. The lowest BCUT2D eigenvalue weighted by Gasteiger charge is -2.15. The molecule has 4 nitrogen and oxygen atoms in total. The van der Waals surface area contributed by atoms with E-state index in [9.17, 15) is 22.8 Å². The van der Waals surface area contributed by atoms with Crippen molar-refractivity contribution in [1.29, 1.82) is 0 Å². The van der Waals surface area contributed by atoms with Crippen molar-refractivity contribution in [3.05, 3.63) is 64.5 Å². The summed E-state index contributed by atoms with van der Waals surface area (Å²) in [7, 11) is 0. The second kappa shape index (κ2) is 8.31. The van der Waals surface area contributed by atoms with Crippen LogP contribution in [0.25, 0.3) is 10.1 Å². The number of amides is 2. The lowest BCUT2D eigenvalue weighted by molar-refractivity contribution is -0.137. The fraction of sp³-hybridized carbons (Fsp3) is 0.238. The molecular formula is C21H16F3NO3S2. The molecule has 0 bridgehead atoms. The summed E-state index contributed by atoms with van der Waals surface area (Å²) in [5.74, 6) is 0.593. The molecule has 1 fully saturated rings. The number of alkyl halides is 3. The fourth-order valence-electron chi connectivity index (χ4n) is 3.23. The number of ether oxygens (including phenoxy) is 1. The van der Waals surface area contributed by atoms with Crippen LogP contribution in [0.4, 0.5) is 18.0 Å². The molecule has 2 aromatic carbocycles. The molecule has 2 amide bonds. The second-order valence-electron chi connectivity index (χ2n) is 6.72. The van der Waals surface area contributed by atoms with Crippen LogP contribution in [-0.4, -0.2) is 28.4 Å². The van der Waals surface area contributed by atoms with Crippen molar-refractivity contribution >= 4 is 44.3 Å². The number of halogens is 3. The number of fused-ring (bicyclic) bond motifs is 1. The predicted molar refractivity (Wildman–Crippen MR) is 111 cm³/mol. The largest absolute Gasteiger partial charge is 0.493 e. The number of carbonyl (C=O) groups is 2. The van der Waals surface area contributed by atoms with Crippen molar-refractivity contribution in [3.63, 3.8) is 0 Å². The van der Waals surface area contributed by atoms with E-state index in [0.29, 0.717) is 17.7 Å². The highest BCUT2D eigenvalue weighted by Gasteiger charge is 2.31. The average molecular weight is 451 g/mol. The van der Waals surface area contributed by atoms with Crippen LogP contribution in [-0.2, 0) is 23.9 Å². The van der Waals surface area contributed by atoms with Gasteiger partial charge in [-0.2, -0.15) is 13.2 Å². The number of nitrogens with zero attached hydrogens (tertiary/aromatic N) is 1. The van der Waals surface area contributed by atoms with Gasteiger partial charge in [0.2, 0.25) is 5.91 Å². The maximum Gasteiger partial charge on any atom is 0.416 e. The number of thioether (sulfide) groups is 1. The van der Waals surface area contributed by atoms with Gasteiger partial charge in [-0.1, -0.05) is 36.0 Å². The fourth-order valence-corrected chi connectivity index (χ4v) is 4.88. The van der Waals surface area contributed by atoms with Gasteiger partial charge in [-0.15, -0.1) is 11.3 Å². The van der Waals surface area contributed by atoms with Gasteiger partial charge in [-0.25, -0.2) is 0 Å². The summed E-state index contributed by atoms with van der Waals surface area (Å²) in [6, 6.07) is 10.7. The lowest BCUT2D eigenvalue weighted by atomic mass is 10.1. The van der Waals surface area contributed by atoms with Crippen molar-refractivity contribution in [2.45, 2.75) is 19.1 Å². The predicted octanol–water partition coefficient (Wildman–Crippen LogP) is 5.74. The average Bonchev–Trinajstić information content (AvgIpc) is 3.32. The monoisotopic (exact) mass is 451 g/mol. The summed E-state index contributed by atoms with van der Waals surface area (Å²) in [6.07, 6.45) is -4.03. The van der Waals surface area contributed by atoms with Gasteiger partial charge in [-0.3, -0.25) is 14.5 Å². The Morgan fingerprint density at radius 2 is 1.93 bits per heavy atom. The van der Waals surface area contributed by atoms with E-state index in [1.807, 2.05) is 17.5 Å². The van der Waals surface area contributed by atoms with Crippen LogP contribution in [0.5, 0.6) is 5.75 Å². The highest BCUT2D eigenvalue weighted by atomic mass is 32.2. The summed E-state index contributed by atoms with van der Waals surface area (Å²) < 4.78 is 45.3. The first-order valence-corrected chi connectivity index (χ1v) is 10.9. The zero-order valence-electron chi connectivity index (χ0n) is 15.6. The molecule has 1 aliphatic rings. The molecule has 0 unspecified atom stereocenters. The number of benzene rings is 2. The molecule has 2 heterocycles. The first-order chi connectivity index (χ1) is 14.3. The quantitative estimate of drug-likeness (QED) is 0.480. The van der Waals surface area contributed by atoms with E-state index in [0.717, 1.165) is 39.5 Å². The van der Waals surface area contributed by atoms with Crippen molar-refractivity contribution in [2.24, 2.45) is 0 Å². The van der Waals surface area contributed by atoms with Gasteiger partial charge in [0.05, 0.1) is 24.5 Å². The summed E-state index contributed by atoms with van der Waals surface area (Å²) in [5.41, 5.74) is 0.731. The van der Waals surface area contributed by atoms with Gasteiger partial charge < -0.3 is 4.74 Å². The number of carbonyl (C=O) groups excluding carboxylic acids is 2. The molecule has 0 aliphatic carbocycles. The first kappa shape index (κ1) is 20.7. The van der Waals surface area contributed by atoms with Crippen LogP contribution in [0.15, 0.2) is 47.8 Å². The molecule has 0 atom stereocenters. The highest BCUT2D eigenvalue weighted by Crippen LogP contribution is 2.35. The molecule has 4 rings (SSSR count). The standard InChI is InChI=1S/C21H16F3NO3S2/c22-21(23,24)15-3-1-2-13(10-15)6-8-28-17-5-4-14(19-16(17)7-9-29-19)11-25-18(26)12-30-20(25)27/h1-5,7,9-10H,6,8,11-12H2. The molecule has 9 heteroatoms. The molecule has 0 N–H and O–H groups in total. The second-order valence-corrected chi connectivity index (χ2v) is 8.56. The minimum atomic E-state index is -4.37. The summed E-state index contributed by atoms with van der Waals surface area (Å²) in [6.45, 7) is 0.442. The Labute approximate surface area is 178 Å². The zero-order valence-corrected chi connectivity index (χ0v) is 17.2. The number of hydrogen-bond donors (Lipinski definition) is 0. The number of hydrogen-bond acceptors (Lipinski definition) is 5. The van der Waals surface area contributed by atoms with Crippen molar-refractivity contribution in [1.82, 2.24) is 4.90 Å². The van der Waals surface area contributed by atoms with E-state index in [4.69, 9.17) is 4.74 Å². The van der Waals surface area contributed by atoms with Crippen molar-refractivity contribution in [3.8, 4) is 5.75 Å². The van der Waals surface area contributed by atoms with Crippen molar-refractivity contribution in [2.75, 3.05) is 12.4 Å². The van der Waals surface area contributed by atoms with Crippen LogP contribution in [0, 0.1) is 0 Å². The van der Waals surface area contributed by atoms with Crippen LogP contribution in [0.1, 0.15) is 16.7 Å². The van der Waals surface area contributed by atoms with Gasteiger partial charge >= 0.3 is 6.18 Å². The van der Waals surface area contributed by atoms with Crippen LogP contribution < -0.4 is 4.74 Å². The number of rotatable bonds is 6. The van der Waals surface area contributed by atoms with Crippen LogP contribution in [0.3, 0.4) is 0 Å². The number of imide groups is 1. The molecule has 3 aromatic rings. The third-order valence-corrected chi connectivity index (χ3v) is 6.58. The Hall–Kier alpha value is -2.52. The summed E-state index contributed by atoms with van der Waals surface area (Å²) in [4.78, 5) is 25.0. The van der Waals surface area contributed by atoms with Gasteiger partial charge in [0.1, 0.15) is 5.75 Å². The van der Waals surface area contributed by atoms with E-state index >= 15 is 0 Å². The minimum Gasteiger partial charge on any atom is -0.493 e. The maximum absolute atomic E-state index is 12.8. The van der Waals surface area contributed by atoms with Crippen LogP contribution >= 0.6 is 23.1 Å². The van der Waals surface area contributed by atoms with Crippen LogP contribution in [0.2, 0.25) is 0 Å². The maximum atomic E-state index is 12.8. The van der Waals surface area contributed by atoms with Gasteiger partial charge in [0.25, 0.3) is 5.24 Å².